The van der Waals surface area contributed by atoms with Gasteiger partial charge in [-0.2, -0.15) is 0 Å². The van der Waals surface area contributed by atoms with Crippen molar-refractivity contribution in [2.45, 2.75) is 162 Å². The second-order valence-corrected chi connectivity index (χ2v) is 12.8. The predicted octanol–water partition coefficient (Wildman–Crippen LogP) is 9.31. The van der Waals surface area contributed by atoms with Gasteiger partial charge in [-0.1, -0.05) is 134 Å². The average Bonchev–Trinajstić information content (AvgIpc) is 2.96. The van der Waals surface area contributed by atoms with Crippen LogP contribution in [0.1, 0.15) is 143 Å². The lowest BCUT2D eigenvalue weighted by Gasteiger charge is -2.22. The van der Waals surface area contributed by atoms with Crippen LogP contribution in [0.3, 0.4) is 0 Å². The molecule has 2 atom stereocenters. The number of benzene rings is 1. The van der Waals surface area contributed by atoms with Gasteiger partial charge in [-0.15, -0.1) is 0 Å². The first-order valence-corrected chi connectivity index (χ1v) is 17.1. The molecule has 0 aliphatic rings. The molecule has 1 aromatic carbocycles. The van der Waals surface area contributed by atoms with Crippen molar-refractivity contribution in [1.29, 1.82) is 0 Å². The first kappa shape index (κ1) is 38.9. The van der Waals surface area contributed by atoms with Gasteiger partial charge in [-0.25, -0.2) is 9.59 Å². The number of unbranched alkanes of at least 4 members (excludes halogenated alkanes) is 15. The third-order valence-electron chi connectivity index (χ3n) is 7.27. The van der Waals surface area contributed by atoms with Gasteiger partial charge in [-0.3, -0.25) is 0 Å². The lowest BCUT2D eigenvalue weighted by molar-refractivity contribution is -0.152. The Labute approximate surface area is 263 Å². The Balaban J connectivity index is 2.18. The van der Waals surface area contributed by atoms with E-state index in [1.165, 1.54) is 89.9 Å². The molecule has 1 N–H and O–H groups in total. The van der Waals surface area contributed by atoms with E-state index >= 15 is 0 Å². The largest absolute Gasteiger partial charge is 0.461 e. The standard InChI is InChI=1S/C36H63NO6/c1-6-7-8-9-10-11-12-13-14-15-16-17-18-19-20-24-27-40-29-33(41-28-32-25-22-21-23-26-32)30-42-34(38)31(2)37-35(39)43-36(3,4)5/h21-23,25-26,31,33H,6-20,24,27-30H2,1-5H3,(H,37,39)/t31-,33?/m1/s1. The first-order chi connectivity index (χ1) is 20.7. The highest BCUT2D eigenvalue weighted by Gasteiger charge is 2.23. The van der Waals surface area contributed by atoms with E-state index in [9.17, 15) is 9.59 Å². The van der Waals surface area contributed by atoms with Crippen molar-refractivity contribution in [3.8, 4) is 0 Å². The van der Waals surface area contributed by atoms with E-state index in [0.29, 0.717) is 19.8 Å². The molecule has 7 heteroatoms. The average molecular weight is 606 g/mol. The highest BCUT2D eigenvalue weighted by molar-refractivity contribution is 5.81. The molecule has 0 saturated carbocycles. The molecule has 43 heavy (non-hydrogen) atoms. The maximum atomic E-state index is 12.5. The number of hydrogen-bond donors (Lipinski definition) is 1. The topological polar surface area (TPSA) is 83.1 Å². The van der Waals surface area contributed by atoms with Gasteiger partial charge < -0.3 is 24.3 Å². The highest BCUT2D eigenvalue weighted by atomic mass is 16.6. The van der Waals surface area contributed by atoms with Gasteiger partial charge in [0, 0.05) is 6.61 Å². The van der Waals surface area contributed by atoms with Crippen molar-refractivity contribution in [2.75, 3.05) is 19.8 Å². The molecule has 0 radical (unpaired) electrons. The van der Waals surface area contributed by atoms with E-state index in [-0.39, 0.29) is 6.61 Å². The SMILES string of the molecule is CCCCCCCCCCCCCCCCCCOCC(COC(=O)[C@@H](C)NC(=O)OC(C)(C)C)OCc1ccccc1. The maximum absolute atomic E-state index is 12.5. The summed E-state index contributed by atoms with van der Waals surface area (Å²) in [7, 11) is 0. The number of ether oxygens (including phenoxy) is 4. The molecule has 248 valence electrons. The lowest BCUT2D eigenvalue weighted by Crippen LogP contribution is -2.43. The Morgan fingerprint density at radius 3 is 1.77 bits per heavy atom. The third-order valence-corrected chi connectivity index (χ3v) is 7.27. The molecule has 0 aromatic heterocycles. The van der Waals surface area contributed by atoms with Gasteiger partial charge >= 0.3 is 12.1 Å². The van der Waals surface area contributed by atoms with Gasteiger partial charge in [-0.05, 0) is 39.7 Å². The molecule has 1 amide bonds. The molecule has 0 saturated heterocycles. The molecule has 7 nitrogen and oxygen atoms in total. The minimum absolute atomic E-state index is 0.0466. The molecule has 1 aromatic rings. The Bertz CT molecular complexity index is 810. The van der Waals surface area contributed by atoms with Gasteiger partial charge in [0.2, 0.25) is 0 Å². The fourth-order valence-electron chi connectivity index (χ4n) is 4.74. The number of hydrogen-bond acceptors (Lipinski definition) is 6. The van der Waals surface area contributed by atoms with Crippen LogP contribution in [0, 0.1) is 0 Å². The number of rotatable bonds is 26. The van der Waals surface area contributed by atoms with Crippen molar-refractivity contribution in [1.82, 2.24) is 5.32 Å². The van der Waals surface area contributed by atoms with Crippen LogP contribution in [0.4, 0.5) is 4.79 Å². The quantitative estimate of drug-likeness (QED) is 0.0837. The zero-order valence-corrected chi connectivity index (χ0v) is 28.1. The number of esters is 1. The van der Waals surface area contributed by atoms with Crippen molar-refractivity contribution in [2.24, 2.45) is 0 Å². The summed E-state index contributed by atoms with van der Waals surface area (Å²) in [5.74, 6) is -0.544. The predicted molar refractivity (Wildman–Crippen MR) is 175 cm³/mol. The van der Waals surface area contributed by atoms with E-state index in [1.807, 2.05) is 30.3 Å². The Morgan fingerprint density at radius 2 is 1.26 bits per heavy atom. The third kappa shape index (κ3) is 24.0. The molecular weight excluding hydrogens is 542 g/mol. The van der Waals surface area contributed by atoms with Gasteiger partial charge in [0.05, 0.1) is 13.2 Å². The Morgan fingerprint density at radius 1 is 0.744 bits per heavy atom. The number of amides is 1. The summed E-state index contributed by atoms with van der Waals surface area (Å²) in [5.41, 5.74) is 0.394. The van der Waals surface area contributed by atoms with E-state index in [2.05, 4.69) is 12.2 Å². The summed E-state index contributed by atoms with van der Waals surface area (Å²) in [6.07, 6.45) is 20.4. The van der Waals surface area contributed by atoms with E-state index in [1.54, 1.807) is 27.7 Å². The smallest absolute Gasteiger partial charge is 0.408 e. The second-order valence-electron chi connectivity index (χ2n) is 12.8. The molecule has 0 spiro atoms. The van der Waals surface area contributed by atoms with E-state index in [0.717, 1.165) is 18.4 Å². The minimum Gasteiger partial charge on any atom is -0.461 e. The number of carbonyl (C=O) groups is 2. The molecule has 0 heterocycles. The molecule has 1 rings (SSSR count). The number of alkyl carbamates (subject to hydrolysis) is 1. The van der Waals surface area contributed by atoms with Crippen molar-refractivity contribution in [3.05, 3.63) is 35.9 Å². The van der Waals surface area contributed by atoms with E-state index < -0.39 is 29.8 Å². The van der Waals surface area contributed by atoms with Crippen LogP contribution < -0.4 is 5.32 Å². The number of nitrogens with one attached hydrogen (secondary N) is 1. The fraction of sp³-hybridized carbons (Fsp3) is 0.778. The van der Waals surface area contributed by atoms with Crippen molar-refractivity contribution < 1.29 is 28.5 Å². The summed E-state index contributed by atoms with van der Waals surface area (Å²) in [6.45, 7) is 10.6. The maximum Gasteiger partial charge on any atom is 0.408 e. The van der Waals surface area contributed by atoms with Crippen molar-refractivity contribution in [3.63, 3.8) is 0 Å². The van der Waals surface area contributed by atoms with Gasteiger partial charge in [0.25, 0.3) is 0 Å². The summed E-state index contributed by atoms with van der Waals surface area (Å²) in [4.78, 5) is 24.5. The normalized spacial score (nSPS) is 13.0. The zero-order chi connectivity index (χ0) is 31.6. The molecule has 0 aliphatic carbocycles. The van der Waals surface area contributed by atoms with Crippen LogP contribution in [0.15, 0.2) is 30.3 Å². The summed E-state index contributed by atoms with van der Waals surface area (Å²) >= 11 is 0. The van der Waals surface area contributed by atoms with Crippen LogP contribution in [-0.4, -0.2) is 49.6 Å². The monoisotopic (exact) mass is 605 g/mol. The molecular formula is C36H63NO6. The summed E-state index contributed by atoms with van der Waals surface area (Å²) in [6, 6.07) is 9.04. The van der Waals surface area contributed by atoms with Crippen LogP contribution in [-0.2, 0) is 30.3 Å². The highest BCUT2D eigenvalue weighted by Crippen LogP contribution is 2.14. The minimum atomic E-state index is -0.837. The van der Waals surface area contributed by atoms with E-state index in [4.69, 9.17) is 18.9 Å². The second kappa shape index (κ2) is 25.2. The van der Waals surface area contributed by atoms with Crippen LogP contribution in [0.5, 0.6) is 0 Å². The first-order valence-electron chi connectivity index (χ1n) is 17.1. The Hall–Kier alpha value is -2.12. The summed E-state index contributed by atoms with van der Waals surface area (Å²) < 4.78 is 22.6. The molecule has 0 aliphatic heterocycles. The van der Waals surface area contributed by atoms with Crippen molar-refractivity contribution >= 4 is 12.1 Å². The number of carbonyl (C=O) groups excluding carboxylic acids is 2. The van der Waals surface area contributed by atoms with Crippen LogP contribution in [0.25, 0.3) is 0 Å². The Kier molecular flexibility index (Phi) is 22.8. The van der Waals surface area contributed by atoms with Gasteiger partial charge in [0.15, 0.2) is 0 Å². The summed E-state index contributed by atoms with van der Waals surface area (Å²) in [5, 5.41) is 2.51. The van der Waals surface area contributed by atoms with Crippen LogP contribution in [0.2, 0.25) is 0 Å². The van der Waals surface area contributed by atoms with Gasteiger partial charge in [0.1, 0.15) is 24.4 Å². The lowest BCUT2D eigenvalue weighted by atomic mass is 10.0. The fourth-order valence-corrected chi connectivity index (χ4v) is 4.74. The molecule has 0 fully saturated rings. The molecule has 0 bridgehead atoms. The molecule has 1 unspecified atom stereocenters. The van der Waals surface area contributed by atoms with Crippen LogP contribution >= 0.6 is 0 Å². The zero-order valence-electron chi connectivity index (χ0n) is 28.1.